The molecule has 1 aliphatic rings. The van der Waals surface area contributed by atoms with E-state index in [0.717, 1.165) is 0 Å². The number of benzene rings is 2. The van der Waals surface area contributed by atoms with Crippen LogP contribution in [0.2, 0.25) is 0 Å². The minimum atomic E-state index is -0.409. The van der Waals surface area contributed by atoms with Gasteiger partial charge in [-0.1, -0.05) is 0 Å². The SMILES string of the molecule is COc1ccc(C(=O)c2c3n(c4cc(O)c(O)c(OC)c24)CCO3)cc1. The third kappa shape index (κ3) is 2.17. The van der Waals surface area contributed by atoms with Gasteiger partial charge < -0.3 is 29.0 Å². The van der Waals surface area contributed by atoms with Gasteiger partial charge in [-0.15, -0.1) is 0 Å². The molecule has 1 aliphatic heterocycles. The maximum Gasteiger partial charge on any atom is 0.206 e. The molecule has 4 rings (SSSR count). The zero-order chi connectivity index (χ0) is 18.4. The molecule has 0 unspecified atom stereocenters. The summed E-state index contributed by atoms with van der Waals surface area (Å²) in [5, 5.41) is 20.6. The molecule has 7 heteroatoms. The number of carbonyl (C=O) groups is 1. The van der Waals surface area contributed by atoms with Crippen molar-refractivity contribution >= 4 is 16.7 Å². The van der Waals surface area contributed by atoms with Gasteiger partial charge in [0.2, 0.25) is 11.6 Å². The smallest absolute Gasteiger partial charge is 0.206 e. The first-order valence-corrected chi connectivity index (χ1v) is 8.03. The maximum absolute atomic E-state index is 13.2. The molecule has 0 saturated carbocycles. The van der Waals surface area contributed by atoms with E-state index in [4.69, 9.17) is 14.2 Å². The van der Waals surface area contributed by atoms with Crippen molar-refractivity contribution in [1.29, 1.82) is 0 Å². The Hall–Kier alpha value is -3.35. The van der Waals surface area contributed by atoms with E-state index in [1.54, 1.807) is 35.9 Å². The zero-order valence-electron chi connectivity index (χ0n) is 14.3. The fraction of sp³-hybridized carbons (Fsp3) is 0.211. The van der Waals surface area contributed by atoms with Crippen LogP contribution in [0.3, 0.4) is 0 Å². The molecule has 0 atom stereocenters. The van der Waals surface area contributed by atoms with Crippen LogP contribution in [0.25, 0.3) is 10.9 Å². The number of hydrogen-bond acceptors (Lipinski definition) is 6. The summed E-state index contributed by atoms with van der Waals surface area (Å²) in [5.74, 6) is 0.103. The van der Waals surface area contributed by atoms with Crippen molar-refractivity contribution in [2.75, 3.05) is 20.8 Å². The average Bonchev–Trinajstić information content (AvgIpc) is 3.24. The second kappa shape index (κ2) is 5.87. The van der Waals surface area contributed by atoms with Crippen LogP contribution in [0.1, 0.15) is 15.9 Å². The van der Waals surface area contributed by atoms with Crippen LogP contribution in [0, 0.1) is 0 Å². The minimum Gasteiger partial charge on any atom is -0.504 e. The molecule has 2 N–H and O–H groups in total. The van der Waals surface area contributed by atoms with Crippen LogP contribution < -0.4 is 14.2 Å². The first-order chi connectivity index (χ1) is 12.6. The number of carbonyl (C=O) groups excluding carboxylic acids is 1. The van der Waals surface area contributed by atoms with Gasteiger partial charge in [-0.2, -0.15) is 0 Å². The number of aromatic hydroxyl groups is 2. The molecule has 0 radical (unpaired) electrons. The number of aromatic nitrogens is 1. The van der Waals surface area contributed by atoms with Crippen LogP contribution in [0.15, 0.2) is 30.3 Å². The molecule has 2 heterocycles. The van der Waals surface area contributed by atoms with Crippen molar-refractivity contribution in [3.8, 4) is 28.9 Å². The number of ether oxygens (including phenoxy) is 3. The fourth-order valence-electron chi connectivity index (χ4n) is 3.33. The van der Waals surface area contributed by atoms with E-state index < -0.39 is 5.75 Å². The van der Waals surface area contributed by atoms with Crippen LogP contribution in [0.5, 0.6) is 28.9 Å². The third-order valence-electron chi connectivity index (χ3n) is 4.55. The molecule has 0 spiro atoms. The van der Waals surface area contributed by atoms with E-state index in [2.05, 4.69) is 0 Å². The minimum absolute atomic E-state index is 0.0439. The molecular weight excluding hydrogens is 338 g/mol. The molecule has 0 amide bonds. The Bertz CT molecular complexity index is 1020. The summed E-state index contributed by atoms with van der Waals surface area (Å²) in [4.78, 5) is 13.2. The topological polar surface area (TPSA) is 90.2 Å². The van der Waals surface area contributed by atoms with E-state index >= 15 is 0 Å². The van der Waals surface area contributed by atoms with Gasteiger partial charge in [0.05, 0.1) is 37.2 Å². The molecule has 134 valence electrons. The number of nitrogens with zero attached hydrogens (tertiary/aromatic N) is 1. The summed E-state index contributed by atoms with van der Waals surface area (Å²) in [6.45, 7) is 0.965. The summed E-state index contributed by atoms with van der Waals surface area (Å²) in [5.41, 5.74) is 1.32. The average molecular weight is 355 g/mol. The molecule has 2 aromatic carbocycles. The monoisotopic (exact) mass is 355 g/mol. The molecule has 0 aliphatic carbocycles. The predicted octanol–water partition coefficient (Wildman–Crippen LogP) is 2.69. The second-order valence-electron chi connectivity index (χ2n) is 5.91. The lowest BCUT2D eigenvalue weighted by molar-refractivity contribution is 0.103. The van der Waals surface area contributed by atoms with Gasteiger partial charge in [-0.05, 0) is 24.3 Å². The molecule has 0 saturated heterocycles. The molecule has 1 aromatic heterocycles. The van der Waals surface area contributed by atoms with Crippen molar-refractivity contribution in [3.63, 3.8) is 0 Å². The number of methoxy groups -OCH3 is 2. The van der Waals surface area contributed by atoms with Crippen molar-refractivity contribution in [2.45, 2.75) is 6.54 Å². The first kappa shape index (κ1) is 16.1. The number of phenolic OH excluding ortho intramolecular Hbond substituents is 2. The van der Waals surface area contributed by atoms with Gasteiger partial charge in [0.15, 0.2) is 17.3 Å². The highest BCUT2D eigenvalue weighted by molar-refractivity contribution is 6.20. The normalized spacial score (nSPS) is 12.7. The molecule has 0 bridgehead atoms. The number of rotatable bonds is 4. The van der Waals surface area contributed by atoms with Crippen LogP contribution in [-0.2, 0) is 6.54 Å². The number of ketones is 1. The Morgan fingerprint density at radius 2 is 1.88 bits per heavy atom. The first-order valence-electron chi connectivity index (χ1n) is 8.03. The standard InChI is InChI=1S/C19H17NO6/c1-24-11-5-3-10(4-6-11)16(22)15-14-12(20-7-8-26-19(15)20)9-13(21)17(23)18(14)25-2/h3-6,9,21,23H,7-8H2,1-2H3. The Morgan fingerprint density at radius 3 is 2.54 bits per heavy atom. The lowest BCUT2D eigenvalue weighted by atomic mass is 10.0. The molecule has 0 fully saturated rings. The predicted molar refractivity (Wildman–Crippen MR) is 93.7 cm³/mol. The summed E-state index contributed by atoms with van der Waals surface area (Å²) >= 11 is 0. The van der Waals surface area contributed by atoms with E-state index in [1.165, 1.54) is 13.2 Å². The van der Waals surface area contributed by atoms with Crippen LogP contribution >= 0.6 is 0 Å². The van der Waals surface area contributed by atoms with Gasteiger partial charge in [0.1, 0.15) is 12.4 Å². The lowest BCUT2D eigenvalue weighted by Gasteiger charge is -2.10. The fourth-order valence-corrected chi connectivity index (χ4v) is 3.33. The third-order valence-corrected chi connectivity index (χ3v) is 4.55. The second-order valence-corrected chi connectivity index (χ2v) is 5.91. The lowest BCUT2D eigenvalue weighted by Crippen LogP contribution is -2.04. The summed E-state index contributed by atoms with van der Waals surface area (Å²) < 4.78 is 17.9. The molecule has 3 aromatic rings. The van der Waals surface area contributed by atoms with Gasteiger partial charge in [0.25, 0.3) is 0 Å². The molecule has 7 nitrogen and oxygen atoms in total. The Balaban J connectivity index is 1.99. The van der Waals surface area contributed by atoms with Crippen molar-refractivity contribution < 1.29 is 29.2 Å². The number of fused-ring (bicyclic) bond motifs is 3. The molecule has 26 heavy (non-hydrogen) atoms. The quantitative estimate of drug-likeness (QED) is 0.552. The van der Waals surface area contributed by atoms with Crippen molar-refractivity contribution in [3.05, 3.63) is 41.5 Å². The Morgan fingerprint density at radius 1 is 1.15 bits per heavy atom. The van der Waals surface area contributed by atoms with E-state index in [9.17, 15) is 15.0 Å². The van der Waals surface area contributed by atoms with Crippen molar-refractivity contribution in [2.24, 2.45) is 0 Å². The van der Waals surface area contributed by atoms with Gasteiger partial charge in [-0.3, -0.25) is 4.79 Å². The van der Waals surface area contributed by atoms with Gasteiger partial charge in [-0.25, -0.2) is 0 Å². The largest absolute Gasteiger partial charge is 0.504 e. The van der Waals surface area contributed by atoms with E-state index in [-0.39, 0.29) is 17.3 Å². The maximum atomic E-state index is 13.2. The highest BCUT2D eigenvalue weighted by Crippen LogP contribution is 2.48. The highest BCUT2D eigenvalue weighted by Gasteiger charge is 2.32. The van der Waals surface area contributed by atoms with Crippen LogP contribution in [0.4, 0.5) is 0 Å². The number of hydrogen-bond donors (Lipinski definition) is 2. The molecular formula is C19H17NO6. The van der Waals surface area contributed by atoms with Crippen molar-refractivity contribution in [1.82, 2.24) is 4.57 Å². The Labute approximate surface area is 148 Å². The summed E-state index contributed by atoms with van der Waals surface area (Å²) in [6, 6.07) is 8.15. The Kier molecular flexibility index (Phi) is 3.64. The van der Waals surface area contributed by atoms with Gasteiger partial charge in [0, 0.05) is 11.6 Å². The van der Waals surface area contributed by atoms with E-state index in [1.807, 2.05) is 0 Å². The van der Waals surface area contributed by atoms with E-state index in [0.29, 0.717) is 46.8 Å². The van der Waals surface area contributed by atoms with Gasteiger partial charge >= 0.3 is 0 Å². The van der Waals surface area contributed by atoms with Crippen LogP contribution in [-0.4, -0.2) is 41.4 Å². The summed E-state index contributed by atoms with van der Waals surface area (Å²) in [6.07, 6.45) is 0. The highest BCUT2D eigenvalue weighted by atomic mass is 16.5. The zero-order valence-corrected chi connectivity index (χ0v) is 14.3. The summed E-state index contributed by atoms with van der Waals surface area (Å²) in [7, 11) is 2.93. The number of phenols is 2.